The third-order valence-electron chi connectivity index (χ3n) is 2.57. The van der Waals surface area contributed by atoms with Crippen LogP contribution < -0.4 is 15.5 Å². The minimum absolute atomic E-state index is 0.156. The third kappa shape index (κ3) is 3.23. The van der Waals surface area contributed by atoms with Crippen LogP contribution >= 0.6 is 11.6 Å². The number of carbonyl (C=O) groups is 1. The van der Waals surface area contributed by atoms with Crippen molar-refractivity contribution in [2.45, 2.75) is 6.04 Å². The molecule has 1 fully saturated rings. The van der Waals surface area contributed by atoms with Crippen molar-refractivity contribution in [2.24, 2.45) is 0 Å². The normalized spacial score (nSPS) is 15.2. The van der Waals surface area contributed by atoms with Crippen LogP contribution in [0.2, 0.25) is 0 Å². The number of hydrogen-bond acceptors (Lipinski definition) is 3. The van der Waals surface area contributed by atoms with Crippen LogP contribution in [0.25, 0.3) is 0 Å². The Morgan fingerprint density at radius 3 is 3.00 bits per heavy atom. The van der Waals surface area contributed by atoms with Crippen molar-refractivity contribution in [2.75, 3.05) is 30.4 Å². The molecule has 5 nitrogen and oxygen atoms in total. The fourth-order valence-electron chi connectivity index (χ4n) is 1.69. The molecule has 0 aromatic carbocycles. The monoisotopic (exact) mass is 254 g/mol. The molecule has 1 aliphatic rings. The van der Waals surface area contributed by atoms with Gasteiger partial charge in [-0.3, -0.25) is 0 Å². The second-order valence-electron chi connectivity index (χ2n) is 3.88. The van der Waals surface area contributed by atoms with Gasteiger partial charge in [0.15, 0.2) is 0 Å². The summed E-state index contributed by atoms with van der Waals surface area (Å²) in [5.41, 5.74) is 0. The zero-order valence-electron chi connectivity index (χ0n) is 9.40. The molecule has 6 heteroatoms. The molecule has 2 rings (SSSR count). The zero-order chi connectivity index (χ0) is 12.1. The highest BCUT2D eigenvalue weighted by Crippen LogP contribution is 2.17. The quantitative estimate of drug-likeness (QED) is 0.782. The molecule has 0 spiro atoms. The van der Waals surface area contributed by atoms with E-state index in [2.05, 4.69) is 20.5 Å². The van der Waals surface area contributed by atoms with Crippen molar-refractivity contribution in [1.82, 2.24) is 15.6 Å². The van der Waals surface area contributed by atoms with Gasteiger partial charge in [0.25, 0.3) is 0 Å². The molecule has 0 aliphatic carbocycles. The maximum atomic E-state index is 11.3. The van der Waals surface area contributed by atoms with E-state index >= 15 is 0 Å². The number of rotatable bonds is 4. The lowest BCUT2D eigenvalue weighted by Gasteiger charge is -2.40. The van der Waals surface area contributed by atoms with Gasteiger partial charge in [-0.15, -0.1) is 11.6 Å². The van der Waals surface area contributed by atoms with E-state index in [9.17, 15) is 4.79 Å². The van der Waals surface area contributed by atoms with E-state index < -0.39 is 0 Å². The van der Waals surface area contributed by atoms with Gasteiger partial charge >= 0.3 is 6.03 Å². The first kappa shape index (κ1) is 12.0. The smallest absolute Gasteiger partial charge is 0.315 e. The predicted octanol–water partition coefficient (Wildman–Crippen LogP) is 0.808. The van der Waals surface area contributed by atoms with Crippen LogP contribution in [0.15, 0.2) is 24.4 Å². The second-order valence-corrected chi connectivity index (χ2v) is 4.26. The fraction of sp³-hybridized carbons (Fsp3) is 0.455. The van der Waals surface area contributed by atoms with Crippen molar-refractivity contribution in [3.8, 4) is 0 Å². The summed E-state index contributed by atoms with van der Waals surface area (Å²) in [6.45, 7) is 2.08. The van der Waals surface area contributed by atoms with Gasteiger partial charge in [-0.05, 0) is 12.1 Å². The van der Waals surface area contributed by atoms with Gasteiger partial charge in [0.05, 0.1) is 6.04 Å². The van der Waals surface area contributed by atoms with Crippen molar-refractivity contribution < 1.29 is 4.79 Å². The standard InChI is InChI=1S/C11H15ClN4O/c12-4-6-14-11(17)15-9-7-16(8-9)10-3-1-2-5-13-10/h1-3,5,9H,4,6-8H2,(H2,14,15,17). The Labute approximate surface area is 105 Å². The first-order valence-corrected chi connectivity index (χ1v) is 6.09. The molecule has 0 atom stereocenters. The Bertz CT molecular complexity index is 367. The molecule has 2 N–H and O–H groups in total. The van der Waals surface area contributed by atoms with Gasteiger partial charge in [0.2, 0.25) is 0 Å². The summed E-state index contributed by atoms with van der Waals surface area (Å²) in [6.07, 6.45) is 1.77. The van der Waals surface area contributed by atoms with Crippen LogP contribution in [-0.4, -0.2) is 42.6 Å². The number of alkyl halides is 1. The molecule has 2 amide bonds. The van der Waals surface area contributed by atoms with Gasteiger partial charge in [-0.2, -0.15) is 0 Å². The summed E-state index contributed by atoms with van der Waals surface area (Å²) in [5, 5.41) is 5.54. The van der Waals surface area contributed by atoms with Crippen LogP contribution in [0.3, 0.4) is 0 Å². The van der Waals surface area contributed by atoms with Crippen LogP contribution in [0.1, 0.15) is 0 Å². The minimum Gasteiger partial charge on any atom is -0.352 e. The molecule has 1 aliphatic heterocycles. The van der Waals surface area contributed by atoms with Gasteiger partial charge in [0.1, 0.15) is 5.82 Å². The fourth-order valence-corrected chi connectivity index (χ4v) is 1.79. The Morgan fingerprint density at radius 2 is 2.35 bits per heavy atom. The number of urea groups is 1. The number of amides is 2. The van der Waals surface area contributed by atoms with E-state index in [0.717, 1.165) is 18.9 Å². The molecule has 17 heavy (non-hydrogen) atoms. The van der Waals surface area contributed by atoms with Crippen molar-refractivity contribution in [1.29, 1.82) is 0 Å². The summed E-state index contributed by atoms with van der Waals surface area (Å²) >= 11 is 5.47. The van der Waals surface area contributed by atoms with E-state index in [-0.39, 0.29) is 12.1 Å². The molecule has 0 saturated carbocycles. The Morgan fingerprint density at radius 1 is 1.53 bits per heavy atom. The van der Waals surface area contributed by atoms with Crippen molar-refractivity contribution in [3.63, 3.8) is 0 Å². The molecule has 1 aromatic rings. The van der Waals surface area contributed by atoms with Crippen LogP contribution in [0.5, 0.6) is 0 Å². The lowest BCUT2D eigenvalue weighted by molar-refractivity contribution is 0.234. The number of aromatic nitrogens is 1. The van der Waals surface area contributed by atoms with Gasteiger partial charge in [-0.1, -0.05) is 6.07 Å². The molecule has 2 heterocycles. The van der Waals surface area contributed by atoms with E-state index in [1.165, 1.54) is 0 Å². The van der Waals surface area contributed by atoms with Gasteiger partial charge in [0, 0.05) is 31.7 Å². The van der Waals surface area contributed by atoms with Crippen LogP contribution in [0.4, 0.5) is 10.6 Å². The number of nitrogens with zero attached hydrogens (tertiary/aromatic N) is 2. The SMILES string of the molecule is O=C(NCCCl)NC1CN(c2ccccn2)C1. The van der Waals surface area contributed by atoms with Gasteiger partial charge < -0.3 is 15.5 Å². The molecule has 0 bridgehead atoms. The Balaban J connectivity index is 1.71. The number of hydrogen-bond donors (Lipinski definition) is 2. The summed E-state index contributed by atoms with van der Waals surface area (Å²) < 4.78 is 0. The second kappa shape index (κ2) is 5.72. The lowest BCUT2D eigenvalue weighted by atomic mass is 10.1. The average Bonchev–Trinajstić information content (AvgIpc) is 2.31. The van der Waals surface area contributed by atoms with E-state index in [0.29, 0.717) is 12.4 Å². The number of nitrogens with one attached hydrogen (secondary N) is 2. The summed E-state index contributed by atoms with van der Waals surface area (Å²) in [6, 6.07) is 5.84. The molecular weight excluding hydrogens is 240 g/mol. The van der Waals surface area contributed by atoms with Crippen LogP contribution in [-0.2, 0) is 0 Å². The number of anilines is 1. The number of halogens is 1. The number of carbonyl (C=O) groups excluding carboxylic acids is 1. The largest absolute Gasteiger partial charge is 0.352 e. The summed E-state index contributed by atoms with van der Waals surface area (Å²) in [4.78, 5) is 17.7. The number of pyridine rings is 1. The highest BCUT2D eigenvalue weighted by molar-refractivity contribution is 6.18. The van der Waals surface area contributed by atoms with E-state index in [4.69, 9.17) is 11.6 Å². The molecule has 1 aromatic heterocycles. The van der Waals surface area contributed by atoms with E-state index in [1.54, 1.807) is 6.20 Å². The Kier molecular flexibility index (Phi) is 4.03. The zero-order valence-corrected chi connectivity index (χ0v) is 10.2. The summed E-state index contributed by atoms with van der Waals surface area (Å²) in [5.74, 6) is 1.38. The molecule has 1 saturated heterocycles. The molecule has 0 unspecified atom stereocenters. The maximum absolute atomic E-state index is 11.3. The predicted molar refractivity (Wildman–Crippen MR) is 67.5 cm³/mol. The minimum atomic E-state index is -0.156. The third-order valence-corrected chi connectivity index (χ3v) is 2.76. The summed E-state index contributed by atoms with van der Waals surface area (Å²) in [7, 11) is 0. The molecular formula is C11H15ClN4O. The maximum Gasteiger partial charge on any atom is 0.315 e. The average molecular weight is 255 g/mol. The van der Waals surface area contributed by atoms with E-state index in [1.807, 2.05) is 18.2 Å². The van der Waals surface area contributed by atoms with Gasteiger partial charge in [-0.25, -0.2) is 9.78 Å². The highest BCUT2D eigenvalue weighted by atomic mass is 35.5. The first-order valence-electron chi connectivity index (χ1n) is 5.56. The first-order chi connectivity index (χ1) is 8.29. The molecule has 92 valence electrons. The lowest BCUT2D eigenvalue weighted by Crippen LogP contribution is -2.61. The molecule has 0 radical (unpaired) electrons. The van der Waals surface area contributed by atoms with Crippen molar-refractivity contribution >= 4 is 23.4 Å². The topological polar surface area (TPSA) is 57.3 Å². The highest BCUT2D eigenvalue weighted by Gasteiger charge is 2.28. The van der Waals surface area contributed by atoms with Crippen molar-refractivity contribution in [3.05, 3.63) is 24.4 Å². The van der Waals surface area contributed by atoms with Crippen LogP contribution in [0, 0.1) is 0 Å². The Hall–Kier alpha value is -1.49.